The summed E-state index contributed by atoms with van der Waals surface area (Å²) in [7, 11) is 1.35. The molecule has 5 heteroatoms. The molecule has 18 heavy (non-hydrogen) atoms. The van der Waals surface area contributed by atoms with Gasteiger partial charge in [0.15, 0.2) is 0 Å². The molecule has 1 fully saturated rings. The zero-order valence-electron chi connectivity index (χ0n) is 10.9. The Labute approximate surface area is 106 Å². The molecule has 5 nitrogen and oxygen atoms in total. The lowest BCUT2D eigenvalue weighted by Crippen LogP contribution is -2.65. The van der Waals surface area contributed by atoms with Crippen LogP contribution < -0.4 is 4.90 Å². The summed E-state index contributed by atoms with van der Waals surface area (Å²) >= 11 is 0. The topological polar surface area (TPSA) is 62.7 Å². The molecule has 0 atom stereocenters. The molecule has 0 amide bonds. The summed E-state index contributed by atoms with van der Waals surface area (Å²) in [6, 6.07) is 3.30. The molecule has 0 aromatic carbocycles. The fourth-order valence-electron chi connectivity index (χ4n) is 1.98. The fourth-order valence-corrected chi connectivity index (χ4v) is 1.98. The fraction of sp³-hybridized carbons (Fsp3) is 0.538. The van der Waals surface area contributed by atoms with Gasteiger partial charge in [-0.1, -0.05) is 13.8 Å². The minimum absolute atomic E-state index is 0.206. The number of methoxy groups -OCH3 is 1. The van der Waals surface area contributed by atoms with Gasteiger partial charge in [0.1, 0.15) is 11.4 Å². The van der Waals surface area contributed by atoms with E-state index in [1.165, 1.54) is 7.11 Å². The first-order valence-electron chi connectivity index (χ1n) is 5.98. The minimum Gasteiger partial charge on any atom is -0.465 e. The van der Waals surface area contributed by atoms with E-state index in [2.05, 4.69) is 9.72 Å². The van der Waals surface area contributed by atoms with Crippen LogP contribution in [0.4, 0.5) is 5.82 Å². The van der Waals surface area contributed by atoms with E-state index in [0.29, 0.717) is 24.5 Å². The van der Waals surface area contributed by atoms with Gasteiger partial charge in [-0.2, -0.15) is 0 Å². The molecule has 1 saturated heterocycles. The Bertz CT molecular complexity index is 453. The summed E-state index contributed by atoms with van der Waals surface area (Å²) in [5, 5.41) is 10.2. The number of hydrogen-bond acceptors (Lipinski definition) is 5. The Balaban J connectivity index is 2.10. The maximum atomic E-state index is 11.4. The van der Waals surface area contributed by atoms with E-state index in [4.69, 9.17) is 0 Å². The third-order valence-electron chi connectivity index (χ3n) is 3.49. The van der Waals surface area contributed by atoms with E-state index < -0.39 is 5.60 Å². The molecular weight excluding hydrogens is 232 g/mol. The smallest absolute Gasteiger partial charge is 0.338 e. The average molecular weight is 250 g/mol. The molecule has 1 aromatic heterocycles. The second-order valence-corrected chi connectivity index (χ2v) is 5.01. The van der Waals surface area contributed by atoms with Gasteiger partial charge in [0.25, 0.3) is 0 Å². The average Bonchev–Trinajstić information content (AvgIpc) is 2.33. The number of aromatic nitrogens is 1. The zero-order chi connectivity index (χ0) is 13.3. The first-order chi connectivity index (χ1) is 8.46. The van der Waals surface area contributed by atoms with E-state index in [0.717, 1.165) is 0 Å². The van der Waals surface area contributed by atoms with Crippen molar-refractivity contribution < 1.29 is 14.6 Å². The van der Waals surface area contributed by atoms with Crippen molar-refractivity contribution in [2.75, 3.05) is 25.1 Å². The van der Waals surface area contributed by atoms with Crippen LogP contribution in [-0.4, -0.2) is 41.9 Å². The van der Waals surface area contributed by atoms with Crippen LogP contribution in [-0.2, 0) is 4.74 Å². The van der Waals surface area contributed by atoms with Crippen molar-refractivity contribution >= 4 is 11.8 Å². The Kier molecular flexibility index (Phi) is 3.26. The Morgan fingerprint density at radius 3 is 2.78 bits per heavy atom. The number of nitrogens with zero attached hydrogens (tertiary/aromatic N) is 2. The lowest BCUT2D eigenvalue weighted by Gasteiger charge is -2.49. The minimum atomic E-state index is -0.650. The first kappa shape index (κ1) is 12.8. The maximum Gasteiger partial charge on any atom is 0.338 e. The van der Waals surface area contributed by atoms with Crippen LogP contribution in [0, 0.1) is 5.92 Å². The molecule has 0 spiro atoms. The maximum absolute atomic E-state index is 11.4. The van der Waals surface area contributed by atoms with Crippen molar-refractivity contribution in [3.8, 4) is 0 Å². The van der Waals surface area contributed by atoms with Crippen LogP contribution >= 0.6 is 0 Å². The van der Waals surface area contributed by atoms with Gasteiger partial charge >= 0.3 is 5.97 Å². The second-order valence-electron chi connectivity index (χ2n) is 5.01. The molecule has 0 aliphatic carbocycles. The molecule has 98 valence electrons. The number of carbonyl (C=O) groups excluding carboxylic acids is 1. The summed E-state index contributed by atoms with van der Waals surface area (Å²) in [6.45, 7) is 5.08. The van der Waals surface area contributed by atoms with Gasteiger partial charge in [0, 0.05) is 6.20 Å². The van der Waals surface area contributed by atoms with Gasteiger partial charge in [-0.3, -0.25) is 0 Å². The summed E-state index contributed by atoms with van der Waals surface area (Å²) in [5.41, 5.74) is -0.175. The van der Waals surface area contributed by atoms with Crippen LogP contribution in [0.1, 0.15) is 24.2 Å². The predicted molar refractivity (Wildman–Crippen MR) is 67.6 cm³/mol. The number of hydrogen-bond donors (Lipinski definition) is 1. The van der Waals surface area contributed by atoms with Gasteiger partial charge < -0.3 is 14.7 Å². The molecule has 0 radical (unpaired) electrons. The highest BCUT2D eigenvalue weighted by atomic mass is 16.5. The Hall–Kier alpha value is -1.62. The van der Waals surface area contributed by atoms with Crippen LogP contribution in [0.5, 0.6) is 0 Å². The predicted octanol–water partition coefficient (Wildman–Crippen LogP) is 1.08. The van der Waals surface area contributed by atoms with Gasteiger partial charge in [-0.25, -0.2) is 9.78 Å². The summed E-state index contributed by atoms with van der Waals surface area (Å²) in [4.78, 5) is 17.6. The molecular formula is C13H18N2O3. The molecule has 1 aromatic rings. The highest BCUT2D eigenvalue weighted by Gasteiger charge is 2.44. The highest BCUT2D eigenvalue weighted by molar-refractivity contribution is 5.90. The van der Waals surface area contributed by atoms with Gasteiger partial charge in [-0.05, 0) is 18.1 Å². The van der Waals surface area contributed by atoms with Crippen LogP contribution in [0.15, 0.2) is 18.3 Å². The lowest BCUT2D eigenvalue weighted by molar-refractivity contribution is -0.0304. The Morgan fingerprint density at radius 1 is 1.56 bits per heavy atom. The third kappa shape index (κ3) is 2.18. The monoisotopic (exact) mass is 250 g/mol. The number of ether oxygens (including phenoxy) is 1. The molecule has 1 aliphatic rings. The van der Waals surface area contributed by atoms with Gasteiger partial charge in [-0.15, -0.1) is 0 Å². The summed E-state index contributed by atoms with van der Waals surface area (Å²) in [5.74, 6) is 0.527. The quantitative estimate of drug-likeness (QED) is 0.813. The van der Waals surface area contributed by atoms with Gasteiger partial charge in [0.05, 0.1) is 25.8 Å². The van der Waals surface area contributed by atoms with E-state index >= 15 is 0 Å². The number of carbonyl (C=O) groups is 1. The van der Waals surface area contributed by atoms with Crippen molar-refractivity contribution in [3.05, 3.63) is 23.9 Å². The molecule has 2 heterocycles. The molecule has 0 saturated carbocycles. The Morgan fingerprint density at radius 2 is 2.22 bits per heavy atom. The second kappa shape index (κ2) is 4.57. The summed E-state index contributed by atoms with van der Waals surface area (Å²) in [6.07, 6.45) is 1.58. The molecule has 2 rings (SSSR count). The van der Waals surface area contributed by atoms with Crippen molar-refractivity contribution in [2.45, 2.75) is 19.4 Å². The van der Waals surface area contributed by atoms with Crippen LogP contribution in [0.2, 0.25) is 0 Å². The van der Waals surface area contributed by atoms with E-state index in [1.807, 2.05) is 18.7 Å². The number of pyridine rings is 1. The molecule has 1 N–H and O–H groups in total. The molecule has 0 bridgehead atoms. The van der Waals surface area contributed by atoms with E-state index in [1.54, 1.807) is 18.3 Å². The number of anilines is 1. The first-order valence-corrected chi connectivity index (χ1v) is 5.98. The van der Waals surface area contributed by atoms with Crippen LogP contribution in [0.25, 0.3) is 0 Å². The largest absolute Gasteiger partial charge is 0.465 e. The SMILES string of the molecule is COC(=O)c1ccnc(N2CC(O)(C(C)C)C2)c1. The third-order valence-corrected chi connectivity index (χ3v) is 3.49. The van der Waals surface area contributed by atoms with Crippen molar-refractivity contribution in [1.29, 1.82) is 0 Å². The zero-order valence-corrected chi connectivity index (χ0v) is 10.9. The normalized spacial score (nSPS) is 17.5. The van der Waals surface area contributed by atoms with Gasteiger partial charge in [0.2, 0.25) is 0 Å². The summed E-state index contributed by atoms with van der Waals surface area (Å²) < 4.78 is 4.67. The lowest BCUT2D eigenvalue weighted by atomic mass is 9.83. The van der Waals surface area contributed by atoms with E-state index in [-0.39, 0.29) is 11.9 Å². The van der Waals surface area contributed by atoms with Crippen molar-refractivity contribution in [3.63, 3.8) is 0 Å². The van der Waals surface area contributed by atoms with Crippen molar-refractivity contribution in [2.24, 2.45) is 5.92 Å². The number of rotatable bonds is 3. The number of β-amino-alcohol motifs (C(OH)–C–C–N with tert-alkyl or cyclic N) is 1. The highest BCUT2D eigenvalue weighted by Crippen LogP contribution is 2.31. The van der Waals surface area contributed by atoms with Crippen LogP contribution in [0.3, 0.4) is 0 Å². The number of esters is 1. The van der Waals surface area contributed by atoms with E-state index in [9.17, 15) is 9.90 Å². The standard InChI is InChI=1S/C13H18N2O3/c1-9(2)13(17)7-15(8-13)11-6-10(4-5-14-11)12(16)18-3/h4-6,9,17H,7-8H2,1-3H3. The van der Waals surface area contributed by atoms with Crippen molar-refractivity contribution in [1.82, 2.24) is 4.98 Å². The molecule has 1 aliphatic heterocycles. The molecule has 0 unspecified atom stereocenters. The number of aliphatic hydroxyl groups is 1.